The molecule has 8 aromatic carbocycles. The Morgan fingerprint density at radius 3 is 1.38 bits per heavy atom. The molecule has 2 heterocycles. The molecule has 0 aliphatic carbocycles. The molecule has 8 aromatic rings. The van der Waals surface area contributed by atoms with E-state index in [0.717, 1.165) is 26.3 Å². The zero-order valence-electron chi connectivity index (χ0n) is 49.0. The molecule has 7 unspecified atom stereocenters. The smallest absolute Gasteiger partial charge is 0.416 e. The lowest BCUT2D eigenvalue weighted by Crippen LogP contribution is -2.71. The third-order valence-electron chi connectivity index (χ3n) is 13.2. The molecule has 0 N–H and O–H groups in total. The van der Waals surface area contributed by atoms with Gasteiger partial charge in [-0.05, 0) is 73.5 Å². The van der Waals surface area contributed by atoms with Crippen LogP contribution in [-0.2, 0) is 59.2 Å². The van der Waals surface area contributed by atoms with E-state index in [1.807, 2.05) is 243 Å². The number of rotatable bonds is 20. The van der Waals surface area contributed by atoms with Crippen molar-refractivity contribution in [1.82, 2.24) is 0 Å². The second-order valence-electron chi connectivity index (χ2n) is 21.2. The molecule has 10 rings (SSSR count). The van der Waals surface area contributed by atoms with Crippen LogP contribution in [0.5, 0.6) is 0 Å². The molecule has 14 nitrogen and oxygen atoms in total. The molecule has 7 atom stereocenters. The molecule has 0 saturated carbocycles. The van der Waals surface area contributed by atoms with Crippen molar-refractivity contribution in [2.75, 3.05) is 6.79 Å². The van der Waals surface area contributed by atoms with Crippen molar-refractivity contribution in [3.05, 3.63) is 248 Å². The zero-order chi connectivity index (χ0) is 59.3. The van der Waals surface area contributed by atoms with Gasteiger partial charge in [-0.2, -0.15) is 0 Å². The first-order chi connectivity index (χ1) is 41.2. The van der Waals surface area contributed by atoms with Gasteiger partial charge in [0.2, 0.25) is 0 Å². The third kappa shape index (κ3) is 15.5. The standard InChI is InChI=1S/C59H72O14Si12/c1-75(2)66-82(54-41-25-13-26-42-54)61-49-60-81(58(50-33-17-9-18-34-50)63-84(73-81,68-77(5)6)56-45-29-15-30-46-56)59(64-83(67-76(3)4,55-43-27-14-28-44-55)65-74-51-35-19-10-20-36-51)62-79(52-37-21-11-22-38-52)70-85(69-78(7)8,57-47-31-16-32-48-57)72-80(71-82)53-39-23-12-24-40-53/h9-48,58-59,75-78H,49H2,1-8H3. The minimum absolute atomic E-state index is 0.211. The van der Waals surface area contributed by atoms with E-state index in [1.165, 1.54) is 0 Å². The van der Waals surface area contributed by atoms with Gasteiger partial charge in [0.25, 0.3) is 9.76 Å². The van der Waals surface area contributed by atoms with Gasteiger partial charge in [0.15, 0.2) is 42.1 Å². The highest BCUT2D eigenvalue weighted by atomic mass is 28.5. The summed E-state index contributed by atoms with van der Waals surface area (Å²) in [6.07, 6.45) is 0. The van der Waals surface area contributed by atoms with Gasteiger partial charge in [0, 0.05) is 20.7 Å². The minimum atomic E-state index is -4.74. The Morgan fingerprint density at radius 2 is 0.859 bits per heavy atom. The molecule has 2 aliphatic rings. The van der Waals surface area contributed by atoms with Crippen LogP contribution >= 0.6 is 0 Å². The SMILES string of the molecule is C[SiH](C)O[Si](O[Si]c1ccccc1)(OC1O[Si](c2ccccc2)O[Si](O[SiH](C)C)(c2ccccc2)O[Si](c2ccccc2)O[Si](O[SiH](C)C)(c2ccccc2)OCO[Si]12O[Si](O[SiH](C)C)(c1ccccc1)OC2c1ccccc1)c1ccccc1. The van der Waals surface area contributed by atoms with Crippen molar-refractivity contribution in [3.63, 3.8) is 0 Å². The lowest BCUT2D eigenvalue weighted by molar-refractivity contribution is -0.0414. The van der Waals surface area contributed by atoms with Gasteiger partial charge in [-0.15, -0.1) is 0 Å². The Kier molecular flexibility index (Phi) is 22.1. The molecule has 2 aliphatic heterocycles. The van der Waals surface area contributed by atoms with Crippen molar-refractivity contribution in [2.24, 2.45) is 0 Å². The van der Waals surface area contributed by atoms with E-state index in [2.05, 4.69) is 52.4 Å². The van der Waals surface area contributed by atoms with Crippen LogP contribution in [0.2, 0.25) is 52.4 Å². The third-order valence-corrected chi connectivity index (χ3v) is 46.7. The van der Waals surface area contributed by atoms with E-state index in [4.69, 9.17) is 59.2 Å². The Bertz CT molecular complexity index is 3290. The summed E-state index contributed by atoms with van der Waals surface area (Å²) in [7, 11) is -36.3. The number of hydrogen-bond acceptors (Lipinski definition) is 14. The summed E-state index contributed by atoms with van der Waals surface area (Å²) in [5.41, 5.74) is -0.275. The number of benzene rings is 8. The first-order valence-electron chi connectivity index (χ1n) is 28.6. The van der Waals surface area contributed by atoms with E-state index < -0.39 is 117 Å². The van der Waals surface area contributed by atoms with Crippen LogP contribution in [0.4, 0.5) is 0 Å². The van der Waals surface area contributed by atoms with Crippen molar-refractivity contribution in [2.45, 2.75) is 64.0 Å². The predicted octanol–water partition coefficient (Wildman–Crippen LogP) is 5.85. The Hall–Kier alpha value is -4.20. The van der Waals surface area contributed by atoms with Crippen molar-refractivity contribution in [3.8, 4) is 0 Å². The van der Waals surface area contributed by atoms with Crippen molar-refractivity contribution >= 4 is 145 Å². The molecule has 0 bridgehead atoms. The average Bonchev–Trinajstić information content (AvgIpc) is 2.07. The lowest BCUT2D eigenvalue weighted by atomic mass is 10.2. The monoisotopic (exact) mass is 1340 g/mol. The molecular weight excluding hydrogens is 1270 g/mol. The molecule has 0 amide bonds. The molecule has 85 heavy (non-hydrogen) atoms. The average molecular weight is 1340 g/mol. The molecule has 440 valence electrons. The van der Waals surface area contributed by atoms with Gasteiger partial charge in [0.05, 0.1) is 0 Å². The van der Waals surface area contributed by atoms with E-state index in [1.54, 1.807) is 0 Å². The molecule has 0 aromatic heterocycles. The highest BCUT2D eigenvalue weighted by Gasteiger charge is 2.73. The van der Waals surface area contributed by atoms with Crippen molar-refractivity contribution in [1.29, 1.82) is 0 Å². The molecular formula is C59H72O14Si12. The largest absolute Gasteiger partial charge is 0.519 e. The molecule has 4 radical (unpaired) electrons. The Balaban J connectivity index is 1.32. The van der Waals surface area contributed by atoms with Crippen LogP contribution in [0, 0.1) is 0 Å². The summed E-state index contributed by atoms with van der Waals surface area (Å²) in [6.45, 7) is 16.5. The Morgan fingerprint density at radius 1 is 0.447 bits per heavy atom. The fourth-order valence-electron chi connectivity index (χ4n) is 9.74. The lowest BCUT2D eigenvalue weighted by Gasteiger charge is -2.43. The van der Waals surface area contributed by atoms with E-state index in [9.17, 15) is 0 Å². The first-order valence-corrected chi connectivity index (χ1v) is 52.2. The zero-order valence-corrected chi connectivity index (χ0v) is 61.6. The van der Waals surface area contributed by atoms with Crippen LogP contribution in [0.1, 0.15) is 11.3 Å². The van der Waals surface area contributed by atoms with Gasteiger partial charge >= 0.3 is 62.3 Å². The second-order valence-corrected chi connectivity index (χ2v) is 51.1. The maximum Gasteiger partial charge on any atom is 0.519 e. The molecule has 26 heteroatoms. The number of hydrogen-bond donors (Lipinski definition) is 0. The second kappa shape index (κ2) is 29.4. The highest BCUT2D eigenvalue weighted by molar-refractivity contribution is 6.95. The van der Waals surface area contributed by atoms with Crippen LogP contribution in [0.25, 0.3) is 0 Å². The van der Waals surface area contributed by atoms with Gasteiger partial charge in [-0.3, -0.25) is 0 Å². The van der Waals surface area contributed by atoms with Crippen LogP contribution in [-0.4, -0.2) is 121 Å². The molecule has 1 spiro atoms. The molecule has 2 fully saturated rings. The predicted molar refractivity (Wildman–Crippen MR) is 357 cm³/mol. The summed E-state index contributed by atoms with van der Waals surface area (Å²) in [6, 6.07) is 79.7. The van der Waals surface area contributed by atoms with E-state index in [-0.39, 0.29) is 9.76 Å². The van der Waals surface area contributed by atoms with Gasteiger partial charge in [0.1, 0.15) is 12.5 Å². The summed E-state index contributed by atoms with van der Waals surface area (Å²) in [5.74, 6) is -1.53. The van der Waals surface area contributed by atoms with Gasteiger partial charge in [-0.1, -0.05) is 243 Å². The summed E-state index contributed by atoms with van der Waals surface area (Å²) >= 11 is 0. The fourth-order valence-corrected chi connectivity index (χ4v) is 48.4. The van der Waals surface area contributed by atoms with Crippen LogP contribution in [0.3, 0.4) is 0 Å². The van der Waals surface area contributed by atoms with Crippen LogP contribution < -0.4 is 36.3 Å². The van der Waals surface area contributed by atoms with Crippen LogP contribution in [0.15, 0.2) is 243 Å². The highest BCUT2D eigenvalue weighted by Crippen LogP contribution is 2.46. The summed E-state index contributed by atoms with van der Waals surface area (Å²) in [5, 5.41) is 5.35. The van der Waals surface area contributed by atoms with E-state index >= 15 is 0 Å². The minimum Gasteiger partial charge on any atom is -0.416 e. The van der Waals surface area contributed by atoms with E-state index in [0.29, 0.717) is 15.6 Å². The molecule has 2 saturated heterocycles. The quantitative estimate of drug-likeness (QED) is 0.0848. The maximum absolute atomic E-state index is 8.18. The normalized spacial score (nSPS) is 24.5. The van der Waals surface area contributed by atoms with Gasteiger partial charge in [-0.25, -0.2) is 0 Å². The first kappa shape index (κ1) is 63.8. The fraction of sp³-hybridized carbons (Fsp3) is 0.186. The maximum atomic E-state index is 8.18. The Labute approximate surface area is 519 Å². The summed E-state index contributed by atoms with van der Waals surface area (Å²) < 4.78 is 109. The summed E-state index contributed by atoms with van der Waals surface area (Å²) in [4.78, 5) is 0. The van der Waals surface area contributed by atoms with Crippen molar-refractivity contribution < 1.29 is 59.2 Å². The van der Waals surface area contributed by atoms with Gasteiger partial charge < -0.3 is 59.2 Å². The topological polar surface area (TPSA) is 129 Å².